The number of hydrogen-bond acceptors (Lipinski definition) is 4. The number of rotatable bonds is 2. The van der Waals surface area contributed by atoms with Crippen LogP contribution in [0.25, 0.3) is 0 Å². The van der Waals surface area contributed by atoms with Crippen molar-refractivity contribution in [3.63, 3.8) is 0 Å². The standard InChI is InChI=1S/C15H23N3OS/c1-10-3-6-15(19-2,7-4-10)14-17-12-5-8-16-9-11(12)13(20)18-14/h10,16H,3-9H2,1-2H3,(H,17,18,20). The Bertz CT molecular complexity index is 547. The van der Waals surface area contributed by atoms with Gasteiger partial charge in [-0.15, -0.1) is 0 Å². The van der Waals surface area contributed by atoms with Crippen molar-refractivity contribution in [1.82, 2.24) is 15.3 Å². The molecule has 2 aliphatic rings. The van der Waals surface area contributed by atoms with Gasteiger partial charge < -0.3 is 15.0 Å². The number of fused-ring (bicyclic) bond motifs is 1. The van der Waals surface area contributed by atoms with Crippen LogP contribution >= 0.6 is 12.2 Å². The van der Waals surface area contributed by atoms with Crippen molar-refractivity contribution in [3.05, 3.63) is 21.7 Å². The van der Waals surface area contributed by atoms with Gasteiger partial charge in [0.15, 0.2) is 0 Å². The summed E-state index contributed by atoms with van der Waals surface area (Å²) in [5, 5.41) is 3.35. The Morgan fingerprint density at radius 1 is 1.35 bits per heavy atom. The average Bonchev–Trinajstić information content (AvgIpc) is 2.48. The van der Waals surface area contributed by atoms with E-state index in [1.165, 1.54) is 18.5 Å². The SMILES string of the molecule is COC1(c2nc(=S)c3c([nH]2)CCNC3)CCC(C)CC1. The Labute approximate surface area is 125 Å². The normalized spacial score (nSPS) is 30.0. The highest BCUT2D eigenvalue weighted by Crippen LogP contribution is 2.40. The quantitative estimate of drug-likeness (QED) is 0.823. The molecule has 110 valence electrons. The molecule has 1 saturated carbocycles. The third-order valence-electron chi connectivity index (χ3n) is 4.86. The van der Waals surface area contributed by atoms with Crippen LogP contribution in [0, 0.1) is 10.6 Å². The molecule has 0 bridgehead atoms. The molecule has 5 heteroatoms. The summed E-state index contributed by atoms with van der Waals surface area (Å²) in [6.07, 6.45) is 5.42. The minimum Gasteiger partial charge on any atom is -0.370 e. The summed E-state index contributed by atoms with van der Waals surface area (Å²) >= 11 is 5.49. The number of ether oxygens (including phenoxy) is 1. The molecule has 3 rings (SSSR count). The van der Waals surface area contributed by atoms with Crippen LogP contribution in [0.1, 0.15) is 49.7 Å². The minimum absolute atomic E-state index is 0.264. The Kier molecular flexibility index (Phi) is 3.93. The Morgan fingerprint density at radius 3 is 2.80 bits per heavy atom. The average molecular weight is 293 g/mol. The van der Waals surface area contributed by atoms with Gasteiger partial charge in [-0.05, 0) is 31.6 Å². The Morgan fingerprint density at radius 2 is 2.10 bits per heavy atom. The summed E-state index contributed by atoms with van der Waals surface area (Å²) in [4.78, 5) is 8.21. The lowest BCUT2D eigenvalue weighted by Gasteiger charge is -2.37. The summed E-state index contributed by atoms with van der Waals surface area (Å²) in [5.41, 5.74) is 2.14. The zero-order chi connectivity index (χ0) is 14.2. The first-order valence-corrected chi connectivity index (χ1v) is 7.94. The van der Waals surface area contributed by atoms with Gasteiger partial charge in [0.25, 0.3) is 0 Å². The first-order valence-electron chi connectivity index (χ1n) is 7.53. The maximum atomic E-state index is 5.90. The van der Waals surface area contributed by atoms with Crippen LogP contribution in [0.4, 0.5) is 0 Å². The van der Waals surface area contributed by atoms with Crippen molar-refractivity contribution in [1.29, 1.82) is 0 Å². The van der Waals surface area contributed by atoms with Gasteiger partial charge in [0.05, 0.1) is 0 Å². The fraction of sp³-hybridized carbons (Fsp3) is 0.733. The molecule has 20 heavy (non-hydrogen) atoms. The third kappa shape index (κ3) is 2.43. The van der Waals surface area contributed by atoms with E-state index in [-0.39, 0.29) is 5.60 Å². The second-order valence-electron chi connectivity index (χ2n) is 6.16. The van der Waals surface area contributed by atoms with E-state index in [1.807, 2.05) is 0 Å². The highest BCUT2D eigenvalue weighted by Gasteiger charge is 2.38. The Balaban J connectivity index is 2.00. The van der Waals surface area contributed by atoms with E-state index in [0.717, 1.165) is 54.3 Å². The first-order chi connectivity index (χ1) is 9.64. The lowest BCUT2D eigenvalue weighted by atomic mass is 9.79. The van der Waals surface area contributed by atoms with Gasteiger partial charge >= 0.3 is 0 Å². The molecule has 2 heterocycles. The number of methoxy groups -OCH3 is 1. The van der Waals surface area contributed by atoms with Crippen molar-refractivity contribution in [2.45, 2.75) is 51.2 Å². The number of nitrogens with one attached hydrogen (secondary N) is 2. The van der Waals surface area contributed by atoms with E-state index in [9.17, 15) is 0 Å². The fourth-order valence-electron chi connectivity index (χ4n) is 3.35. The lowest BCUT2D eigenvalue weighted by Crippen LogP contribution is -2.36. The molecule has 0 amide bonds. The molecule has 1 aliphatic carbocycles. The van der Waals surface area contributed by atoms with Gasteiger partial charge in [-0.3, -0.25) is 0 Å². The van der Waals surface area contributed by atoms with Gasteiger partial charge in [-0.25, -0.2) is 4.98 Å². The predicted molar refractivity (Wildman–Crippen MR) is 81.2 cm³/mol. The van der Waals surface area contributed by atoms with Crippen LogP contribution < -0.4 is 5.32 Å². The van der Waals surface area contributed by atoms with E-state index in [4.69, 9.17) is 17.0 Å². The molecule has 0 radical (unpaired) electrons. The van der Waals surface area contributed by atoms with Crippen LogP contribution in [-0.2, 0) is 23.3 Å². The smallest absolute Gasteiger partial charge is 0.140 e. The number of aromatic amines is 1. The molecule has 1 aromatic rings. The van der Waals surface area contributed by atoms with Crippen LogP contribution in [0.5, 0.6) is 0 Å². The second kappa shape index (κ2) is 5.54. The summed E-state index contributed by atoms with van der Waals surface area (Å²) < 4.78 is 6.64. The van der Waals surface area contributed by atoms with Crippen molar-refractivity contribution in [2.24, 2.45) is 5.92 Å². The third-order valence-corrected chi connectivity index (χ3v) is 5.20. The van der Waals surface area contributed by atoms with E-state index in [2.05, 4.69) is 22.2 Å². The molecule has 0 saturated heterocycles. The molecule has 1 aromatic heterocycles. The molecule has 0 unspecified atom stereocenters. The van der Waals surface area contributed by atoms with Crippen molar-refractivity contribution in [3.8, 4) is 0 Å². The van der Waals surface area contributed by atoms with Crippen molar-refractivity contribution < 1.29 is 4.74 Å². The fourth-order valence-corrected chi connectivity index (χ4v) is 3.64. The lowest BCUT2D eigenvalue weighted by molar-refractivity contribution is -0.0600. The predicted octanol–water partition coefficient (Wildman–Crippen LogP) is 2.84. The molecule has 2 N–H and O–H groups in total. The molecular weight excluding hydrogens is 270 g/mol. The zero-order valence-corrected chi connectivity index (χ0v) is 13.1. The number of aromatic nitrogens is 2. The Hall–Kier alpha value is -0.780. The molecule has 1 fully saturated rings. The molecule has 0 atom stereocenters. The number of H-pyrrole nitrogens is 1. The first kappa shape index (κ1) is 14.2. The van der Waals surface area contributed by atoms with Crippen LogP contribution in [0.15, 0.2) is 0 Å². The van der Waals surface area contributed by atoms with E-state index in [1.54, 1.807) is 7.11 Å². The van der Waals surface area contributed by atoms with Crippen LogP contribution in [0.3, 0.4) is 0 Å². The number of hydrogen-bond donors (Lipinski definition) is 2. The van der Waals surface area contributed by atoms with E-state index >= 15 is 0 Å². The van der Waals surface area contributed by atoms with Crippen molar-refractivity contribution in [2.75, 3.05) is 13.7 Å². The summed E-state index contributed by atoms with van der Waals surface area (Å²) in [5.74, 6) is 1.72. The van der Waals surface area contributed by atoms with Gasteiger partial charge in [-0.2, -0.15) is 0 Å². The molecule has 0 spiro atoms. The molecule has 1 aliphatic heterocycles. The zero-order valence-electron chi connectivity index (χ0n) is 12.3. The largest absolute Gasteiger partial charge is 0.370 e. The van der Waals surface area contributed by atoms with E-state index < -0.39 is 0 Å². The highest BCUT2D eigenvalue weighted by atomic mass is 32.1. The molecular formula is C15H23N3OS. The van der Waals surface area contributed by atoms with Gasteiger partial charge in [0.1, 0.15) is 16.1 Å². The van der Waals surface area contributed by atoms with Gasteiger partial charge in [0, 0.05) is 37.9 Å². The number of nitrogens with zero attached hydrogens (tertiary/aromatic N) is 1. The molecule has 4 nitrogen and oxygen atoms in total. The maximum Gasteiger partial charge on any atom is 0.140 e. The van der Waals surface area contributed by atoms with Crippen LogP contribution in [-0.4, -0.2) is 23.6 Å². The molecule has 0 aromatic carbocycles. The minimum atomic E-state index is -0.264. The second-order valence-corrected chi connectivity index (χ2v) is 6.54. The summed E-state index contributed by atoms with van der Waals surface area (Å²) in [6, 6.07) is 0. The monoisotopic (exact) mass is 293 g/mol. The topological polar surface area (TPSA) is 49.9 Å². The van der Waals surface area contributed by atoms with Crippen LogP contribution in [0.2, 0.25) is 0 Å². The van der Waals surface area contributed by atoms with E-state index in [0.29, 0.717) is 0 Å². The highest BCUT2D eigenvalue weighted by molar-refractivity contribution is 7.71. The summed E-state index contributed by atoms with van der Waals surface area (Å²) in [7, 11) is 1.80. The van der Waals surface area contributed by atoms with Gasteiger partial charge in [0.2, 0.25) is 0 Å². The van der Waals surface area contributed by atoms with Crippen molar-refractivity contribution >= 4 is 12.2 Å². The maximum absolute atomic E-state index is 5.90. The van der Waals surface area contributed by atoms with Gasteiger partial charge in [-0.1, -0.05) is 19.1 Å². The summed E-state index contributed by atoms with van der Waals surface area (Å²) in [6.45, 7) is 4.14.